The minimum absolute atomic E-state index is 0.0760. The predicted molar refractivity (Wildman–Crippen MR) is 107 cm³/mol. The molecule has 30 heavy (non-hydrogen) atoms. The average molecular weight is 439 g/mol. The van der Waals surface area contributed by atoms with Crippen molar-refractivity contribution in [2.75, 3.05) is 19.4 Å². The van der Waals surface area contributed by atoms with Crippen LogP contribution in [0.1, 0.15) is 24.4 Å². The van der Waals surface area contributed by atoms with E-state index in [1.165, 1.54) is 17.1 Å². The molecule has 8 nitrogen and oxygen atoms in total. The van der Waals surface area contributed by atoms with Crippen LogP contribution in [0.3, 0.4) is 0 Å². The van der Waals surface area contributed by atoms with Gasteiger partial charge in [-0.25, -0.2) is 19.9 Å². The highest BCUT2D eigenvalue weighted by molar-refractivity contribution is 6.33. The molecular formula is C18H18ClF3N8. The molecular weight excluding hydrogens is 421 g/mol. The van der Waals surface area contributed by atoms with Gasteiger partial charge in [0.25, 0.3) is 5.95 Å². The fourth-order valence-corrected chi connectivity index (χ4v) is 2.73. The van der Waals surface area contributed by atoms with Crippen LogP contribution in [0, 0.1) is 0 Å². The van der Waals surface area contributed by atoms with Gasteiger partial charge in [0.05, 0.1) is 16.3 Å². The van der Waals surface area contributed by atoms with Crippen LogP contribution in [-0.4, -0.2) is 49.7 Å². The number of nitrogens with zero attached hydrogens (tertiary/aromatic N) is 7. The highest BCUT2D eigenvalue weighted by Crippen LogP contribution is 2.33. The number of alkyl halides is 3. The molecule has 1 unspecified atom stereocenters. The molecule has 1 N–H and O–H groups in total. The monoisotopic (exact) mass is 438 g/mol. The van der Waals surface area contributed by atoms with Crippen LogP contribution in [-0.2, 0) is 6.18 Å². The van der Waals surface area contributed by atoms with Gasteiger partial charge in [0.15, 0.2) is 11.8 Å². The summed E-state index contributed by atoms with van der Waals surface area (Å²) in [5.74, 6) is 1.20. The molecule has 1 atom stereocenters. The number of guanidine groups is 1. The Morgan fingerprint density at radius 1 is 1.20 bits per heavy atom. The Labute approximate surface area is 175 Å². The van der Waals surface area contributed by atoms with Crippen LogP contribution in [0.4, 0.5) is 18.9 Å². The number of benzene rings is 1. The first-order valence-electron chi connectivity index (χ1n) is 8.73. The first-order chi connectivity index (χ1) is 14.2. The molecule has 158 valence electrons. The SMILES string of the molecule is CC(N=C(Nc1ccc(C(F)(F)F)cc1Cl)N(C)C)c1ncnn1-c1ncccn1. The summed E-state index contributed by atoms with van der Waals surface area (Å²) in [4.78, 5) is 18.8. The van der Waals surface area contributed by atoms with Gasteiger partial charge in [-0.2, -0.15) is 23.0 Å². The van der Waals surface area contributed by atoms with E-state index in [4.69, 9.17) is 11.6 Å². The van der Waals surface area contributed by atoms with Crippen molar-refractivity contribution < 1.29 is 13.2 Å². The van der Waals surface area contributed by atoms with Crippen molar-refractivity contribution in [2.24, 2.45) is 4.99 Å². The smallest absolute Gasteiger partial charge is 0.349 e. The van der Waals surface area contributed by atoms with E-state index in [0.29, 0.717) is 17.7 Å². The molecule has 0 aliphatic heterocycles. The normalized spacial score (nSPS) is 13.2. The summed E-state index contributed by atoms with van der Waals surface area (Å²) < 4.78 is 40.0. The zero-order valence-corrected chi connectivity index (χ0v) is 17.0. The Balaban J connectivity index is 1.88. The summed E-state index contributed by atoms with van der Waals surface area (Å²) in [6, 6.07) is 4.28. The molecule has 0 saturated carbocycles. The van der Waals surface area contributed by atoms with Gasteiger partial charge in [0, 0.05) is 26.5 Å². The number of hydrogen-bond donors (Lipinski definition) is 1. The first-order valence-corrected chi connectivity index (χ1v) is 9.11. The van der Waals surface area contributed by atoms with Crippen LogP contribution in [0.5, 0.6) is 0 Å². The van der Waals surface area contributed by atoms with E-state index in [2.05, 4.69) is 30.4 Å². The minimum atomic E-state index is -4.47. The molecule has 0 spiro atoms. The van der Waals surface area contributed by atoms with Gasteiger partial charge < -0.3 is 10.2 Å². The standard InChI is InChI=1S/C18H18ClF3N8/c1-11(15-25-10-26-30(15)16-23-7-4-8-24-16)27-17(29(2)3)28-14-6-5-12(9-13(14)19)18(20,21)22/h4-11H,1-3H3,(H,27,28). The van der Waals surface area contributed by atoms with Gasteiger partial charge in [-0.15, -0.1) is 0 Å². The van der Waals surface area contributed by atoms with Crippen molar-refractivity contribution in [3.63, 3.8) is 0 Å². The number of aliphatic imine (C=N–C) groups is 1. The van der Waals surface area contributed by atoms with Gasteiger partial charge >= 0.3 is 6.18 Å². The number of nitrogens with one attached hydrogen (secondary N) is 1. The molecule has 3 aromatic rings. The third kappa shape index (κ3) is 4.85. The Bertz CT molecular complexity index is 1030. The summed E-state index contributed by atoms with van der Waals surface area (Å²) in [7, 11) is 3.48. The summed E-state index contributed by atoms with van der Waals surface area (Å²) in [5, 5.41) is 7.03. The number of aromatic nitrogens is 5. The van der Waals surface area contributed by atoms with Gasteiger partial charge in [-0.1, -0.05) is 11.6 Å². The Kier molecular flexibility index (Phi) is 6.20. The molecule has 0 saturated heterocycles. The second-order valence-electron chi connectivity index (χ2n) is 6.42. The zero-order chi connectivity index (χ0) is 21.9. The molecule has 0 aliphatic rings. The summed E-state index contributed by atoms with van der Waals surface area (Å²) in [6.45, 7) is 1.79. The highest BCUT2D eigenvalue weighted by atomic mass is 35.5. The molecule has 0 bridgehead atoms. The largest absolute Gasteiger partial charge is 0.416 e. The van der Waals surface area contributed by atoms with Crippen LogP contribution in [0.2, 0.25) is 5.02 Å². The van der Waals surface area contributed by atoms with E-state index in [-0.39, 0.29) is 10.7 Å². The van der Waals surface area contributed by atoms with E-state index < -0.39 is 17.8 Å². The van der Waals surface area contributed by atoms with Crippen LogP contribution in [0.25, 0.3) is 5.95 Å². The number of hydrogen-bond acceptors (Lipinski definition) is 5. The summed E-state index contributed by atoms with van der Waals surface area (Å²) >= 11 is 6.05. The number of anilines is 1. The topological polar surface area (TPSA) is 84.1 Å². The lowest BCUT2D eigenvalue weighted by atomic mass is 10.2. The Morgan fingerprint density at radius 2 is 1.90 bits per heavy atom. The lowest BCUT2D eigenvalue weighted by molar-refractivity contribution is -0.137. The van der Waals surface area contributed by atoms with E-state index in [1.54, 1.807) is 44.4 Å². The van der Waals surface area contributed by atoms with Gasteiger partial charge in [-0.05, 0) is 31.2 Å². The van der Waals surface area contributed by atoms with Crippen molar-refractivity contribution in [2.45, 2.75) is 19.1 Å². The molecule has 0 aliphatic carbocycles. The second kappa shape index (κ2) is 8.66. The molecule has 1 aromatic carbocycles. The Hall–Kier alpha value is -3.21. The lowest BCUT2D eigenvalue weighted by Gasteiger charge is -2.20. The quantitative estimate of drug-likeness (QED) is 0.492. The number of rotatable bonds is 4. The summed E-state index contributed by atoms with van der Waals surface area (Å²) in [5.41, 5.74) is -0.539. The fraction of sp³-hybridized carbons (Fsp3) is 0.278. The van der Waals surface area contributed by atoms with Crippen LogP contribution >= 0.6 is 11.6 Å². The number of halogens is 4. The van der Waals surface area contributed by atoms with Crippen LogP contribution in [0.15, 0.2) is 48.0 Å². The molecule has 2 heterocycles. The van der Waals surface area contributed by atoms with Crippen molar-refractivity contribution in [3.05, 3.63) is 59.4 Å². The van der Waals surface area contributed by atoms with Gasteiger partial charge in [-0.3, -0.25) is 0 Å². The third-order valence-corrected chi connectivity index (χ3v) is 4.28. The first kappa shape index (κ1) is 21.5. The van der Waals surface area contributed by atoms with E-state index >= 15 is 0 Å². The van der Waals surface area contributed by atoms with E-state index in [9.17, 15) is 13.2 Å². The van der Waals surface area contributed by atoms with Gasteiger partial charge in [0.2, 0.25) is 0 Å². The maximum atomic E-state index is 12.9. The molecule has 0 amide bonds. The lowest BCUT2D eigenvalue weighted by Crippen LogP contribution is -2.30. The average Bonchev–Trinajstić information content (AvgIpc) is 3.18. The predicted octanol–water partition coefficient (Wildman–Crippen LogP) is 3.82. The van der Waals surface area contributed by atoms with Crippen molar-refractivity contribution in [3.8, 4) is 5.95 Å². The van der Waals surface area contributed by atoms with Crippen molar-refractivity contribution >= 4 is 23.2 Å². The van der Waals surface area contributed by atoms with Gasteiger partial charge in [0.1, 0.15) is 12.4 Å². The molecule has 2 aromatic heterocycles. The van der Waals surface area contributed by atoms with E-state index in [1.807, 2.05) is 0 Å². The fourth-order valence-electron chi connectivity index (χ4n) is 2.50. The molecule has 12 heteroatoms. The molecule has 3 rings (SSSR count). The van der Waals surface area contributed by atoms with E-state index in [0.717, 1.165) is 12.1 Å². The highest BCUT2D eigenvalue weighted by Gasteiger charge is 2.31. The zero-order valence-electron chi connectivity index (χ0n) is 16.3. The third-order valence-electron chi connectivity index (χ3n) is 3.97. The molecule has 0 fully saturated rings. The maximum absolute atomic E-state index is 12.9. The van der Waals surface area contributed by atoms with Crippen LogP contribution < -0.4 is 5.32 Å². The van der Waals surface area contributed by atoms with Crippen molar-refractivity contribution in [1.82, 2.24) is 29.6 Å². The maximum Gasteiger partial charge on any atom is 0.416 e. The van der Waals surface area contributed by atoms with Crippen molar-refractivity contribution in [1.29, 1.82) is 0 Å². The minimum Gasteiger partial charge on any atom is -0.349 e. The Morgan fingerprint density at radius 3 is 2.50 bits per heavy atom. The second-order valence-corrected chi connectivity index (χ2v) is 6.83. The summed E-state index contributed by atoms with van der Waals surface area (Å²) in [6.07, 6.45) is 0.0637. The molecule has 0 radical (unpaired) electrons.